The molecule has 1 fully saturated rings. The third-order valence-corrected chi connectivity index (χ3v) is 4.73. The Bertz CT molecular complexity index is 659. The maximum Gasteiger partial charge on any atom is 0.220 e. The van der Waals surface area contributed by atoms with E-state index in [9.17, 15) is 4.79 Å². The van der Waals surface area contributed by atoms with Crippen LogP contribution in [0.15, 0.2) is 48.8 Å². The minimum atomic E-state index is 0. The van der Waals surface area contributed by atoms with Crippen LogP contribution in [0.5, 0.6) is 0 Å². The average Bonchev–Trinajstić information content (AvgIpc) is 3.14. The van der Waals surface area contributed by atoms with Crippen LogP contribution < -0.4 is 10.6 Å². The fraction of sp³-hybridized carbons (Fsp3) is 0.400. The highest BCUT2D eigenvalue weighted by atomic mass is 35.5. The Labute approximate surface area is 168 Å². The van der Waals surface area contributed by atoms with Gasteiger partial charge in [0.25, 0.3) is 0 Å². The number of nitrogens with one attached hydrogen (secondary N) is 2. The summed E-state index contributed by atoms with van der Waals surface area (Å²) in [6, 6.07) is 12.3. The van der Waals surface area contributed by atoms with Crippen molar-refractivity contribution in [2.45, 2.75) is 32.2 Å². The molecule has 2 aromatic rings. The molecule has 3 rings (SSSR count). The Morgan fingerprint density at radius 2 is 2.00 bits per heavy atom. The van der Waals surface area contributed by atoms with E-state index in [1.54, 1.807) is 6.20 Å². The summed E-state index contributed by atoms with van der Waals surface area (Å²) in [5.41, 5.74) is 3.36. The Kier molecular flexibility index (Phi) is 9.63. The van der Waals surface area contributed by atoms with Crippen molar-refractivity contribution in [1.29, 1.82) is 0 Å². The molecule has 1 aromatic heterocycles. The minimum Gasteiger partial charge on any atom is -0.350 e. The number of rotatable bonds is 6. The van der Waals surface area contributed by atoms with Gasteiger partial charge in [-0.15, -0.1) is 24.8 Å². The number of hydrogen-bond acceptors (Lipinski definition) is 3. The lowest BCUT2D eigenvalue weighted by Crippen LogP contribution is -2.27. The predicted molar refractivity (Wildman–Crippen MR) is 111 cm³/mol. The maximum absolute atomic E-state index is 12.1. The van der Waals surface area contributed by atoms with E-state index in [4.69, 9.17) is 0 Å². The molecule has 2 heterocycles. The average molecular weight is 396 g/mol. The fourth-order valence-electron chi connectivity index (χ4n) is 3.19. The molecule has 1 amide bonds. The van der Waals surface area contributed by atoms with E-state index in [-0.39, 0.29) is 36.8 Å². The number of hydrogen-bond donors (Lipinski definition) is 2. The van der Waals surface area contributed by atoms with E-state index < -0.39 is 0 Å². The van der Waals surface area contributed by atoms with Crippen LogP contribution in [0.1, 0.15) is 37.8 Å². The zero-order valence-corrected chi connectivity index (χ0v) is 16.6. The van der Waals surface area contributed by atoms with Crippen molar-refractivity contribution >= 4 is 30.7 Å². The SMILES string of the molecule is CC(NC(=O)CCC1CCNC1)c1ccc(-c2cccnc2)cc1.Cl.Cl. The van der Waals surface area contributed by atoms with E-state index in [1.165, 1.54) is 6.42 Å². The Hall–Kier alpha value is -1.62. The van der Waals surface area contributed by atoms with Crippen molar-refractivity contribution in [3.8, 4) is 11.1 Å². The lowest BCUT2D eigenvalue weighted by atomic mass is 10.0. The monoisotopic (exact) mass is 395 g/mol. The number of amides is 1. The molecule has 142 valence electrons. The van der Waals surface area contributed by atoms with Crippen molar-refractivity contribution in [1.82, 2.24) is 15.6 Å². The number of aromatic nitrogens is 1. The third-order valence-electron chi connectivity index (χ3n) is 4.73. The van der Waals surface area contributed by atoms with Crippen LogP contribution in [-0.4, -0.2) is 24.0 Å². The molecule has 26 heavy (non-hydrogen) atoms. The Morgan fingerprint density at radius 3 is 2.62 bits per heavy atom. The van der Waals surface area contributed by atoms with Gasteiger partial charge in [0.1, 0.15) is 0 Å². The van der Waals surface area contributed by atoms with E-state index in [2.05, 4.69) is 39.9 Å². The highest BCUT2D eigenvalue weighted by molar-refractivity contribution is 5.85. The predicted octanol–water partition coefficient (Wildman–Crippen LogP) is 4.16. The molecule has 6 heteroatoms. The molecule has 0 aliphatic carbocycles. The summed E-state index contributed by atoms with van der Waals surface area (Å²) < 4.78 is 0. The highest BCUT2D eigenvalue weighted by Gasteiger charge is 2.16. The smallest absolute Gasteiger partial charge is 0.220 e. The number of nitrogens with zero attached hydrogens (tertiary/aromatic N) is 1. The van der Waals surface area contributed by atoms with Gasteiger partial charge in [-0.1, -0.05) is 30.3 Å². The van der Waals surface area contributed by atoms with E-state index in [1.807, 2.05) is 25.3 Å². The van der Waals surface area contributed by atoms with Gasteiger partial charge in [0.15, 0.2) is 0 Å². The summed E-state index contributed by atoms with van der Waals surface area (Å²) in [5, 5.41) is 6.45. The van der Waals surface area contributed by atoms with Crippen molar-refractivity contribution < 1.29 is 4.79 Å². The van der Waals surface area contributed by atoms with Crippen LogP contribution in [-0.2, 0) is 4.79 Å². The third kappa shape index (κ3) is 6.27. The first-order valence-electron chi connectivity index (χ1n) is 8.73. The van der Waals surface area contributed by atoms with Crippen LogP contribution in [0.4, 0.5) is 0 Å². The van der Waals surface area contributed by atoms with E-state index >= 15 is 0 Å². The second-order valence-electron chi connectivity index (χ2n) is 6.55. The summed E-state index contributed by atoms with van der Waals surface area (Å²) >= 11 is 0. The molecule has 0 saturated carbocycles. The molecule has 0 bridgehead atoms. The molecule has 0 spiro atoms. The van der Waals surface area contributed by atoms with Gasteiger partial charge < -0.3 is 10.6 Å². The number of halogens is 2. The molecular formula is C20H27Cl2N3O. The van der Waals surface area contributed by atoms with Crippen molar-refractivity contribution in [2.24, 2.45) is 5.92 Å². The second kappa shape index (κ2) is 11.2. The van der Waals surface area contributed by atoms with Gasteiger partial charge in [0.05, 0.1) is 6.04 Å². The molecule has 2 atom stereocenters. The normalized spacial score (nSPS) is 16.9. The van der Waals surface area contributed by atoms with Gasteiger partial charge in [0, 0.05) is 18.8 Å². The van der Waals surface area contributed by atoms with Crippen LogP contribution in [0.25, 0.3) is 11.1 Å². The Balaban J connectivity index is 0.00000169. The molecule has 4 nitrogen and oxygen atoms in total. The fourth-order valence-corrected chi connectivity index (χ4v) is 3.19. The van der Waals surface area contributed by atoms with Gasteiger partial charge >= 0.3 is 0 Å². The van der Waals surface area contributed by atoms with Crippen LogP contribution in [0.2, 0.25) is 0 Å². The standard InChI is InChI=1S/C20H25N3O.2ClH/c1-15(23-20(24)9-4-16-10-12-22-13-16)17-5-7-18(8-6-17)19-3-2-11-21-14-19;;/h2-3,5-8,11,14-16,22H,4,9-10,12-13H2,1H3,(H,23,24);2*1H. The first-order valence-corrected chi connectivity index (χ1v) is 8.73. The second-order valence-corrected chi connectivity index (χ2v) is 6.55. The zero-order chi connectivity index (χ0) is 16.8. The first kappa shape index (κ1) is 22.4. The summed E-state index contributed by atoms with van der Waals surface area (Å²) in [4.78, 5) is 16.3. The van der Waals surface area contributed by atoms with Crippen molar-refractivity contribution in [2.75, 3.05) is 13.1 Å². The van der Waals surface area contributed by atoms with Crippen LogP contribution in [0.3, 0.4) is 0 Å². The van der Waals surface area contributed by atoms with Gasteiger partial charge in [-0.2, -0.15) is 0 Å². The van der Waals surface area contributed by atoms with Gasteiger partial charge in [-0.25, -0.2) is 0 Å². The first-order chi connectivity index (χ1) is 11.7. The summed E-state index contributed by atoms with van der Waals surface area (Å²) in [7, 11) is 0. The van der Waals surface area contributed by atoms with Crippen LogP contribution in [0, 0.1) is 5.92 Å². The van der Waals surface area contributed by atoms with Gasteiger partial charge in [-0.05, 0) is 61.5 Å². The summed E-state index contributed by atoms with van der Waals surface area (Å²) in [5.74, 6) is 0.801. The highest BCUT2D eigenvalue weighted by Crippen LogP contribution is 2.21. The topological polar surface area (TPSA) is 54.0 Å². The molecule has 1 aliphatic rings. The molecule has 0 radical (unpaired) electrons. The maximum atomic E-state index is 12.1. The van der Waals surface area contributed by atoms with Crippen molar-refractivity contribution in [3.63, 3.8) is 0 Å². The van der Waals surface area contributed by atoms with E-state index in [0.717, 1.165) is 36.2 Å². The molecule has 2 unspecified atom stereocenters. The van der Waals surface area contributed by atoms with Gasteiger partial charge in [0.2, 0.25) is 5.91 Å². The molecular weight excluding hydrogens is 369 g/mol. The van der Waals surface area contributed by atoms with E-state index in [0.29, 0.717) is 12.3 Å². The zero-order valence-electron chi connectivity index (χ0n) is 15.0. The molecule has 1 saturated heterocycles. The quantitative estimate of drug-likeness (QED) is 0.771. The largest absolute Gasteiger partial charge is 0.350 e. The number of carbonyl (C=O) groups is 1. The lowest BCUT2D eigenvalue weighted by molar-refractivity contribution is -0.122. The number of carbonyl (C=O) groups excluding carboxylic acids is 1. The van der Waals surface area contributed by atoms with Crippen molar-refractivity contribution in [3.05, 3.63) is 54.4 Å². The minimum absolute atomic E-state index is 0. The lowest BCUT2D eigenvalue weighted by Gasteiger charge is -2.16. The molecule has 1 aliphatic heterocycles. The Morgan fingerprint density at radius 1 is 1.23 bits per heavy atom. The van der Waals surface area contributed by atoms with Crippen LogP contribution >= 0.6 is 24.8 Å². The summed E-state index contributed by atoms with van der Waals surface area (Å²) in [6.07, 6.45) is 6.42. The molecule has 1 aromatic carbocycles. The number of benzene rings is 1. The number of pyridine rings is 1. The summed E-state index contributed by atoms with van der Waals surface area (Å²) in [6.45, 7) is 4.18. The molecule has 2 N–H and O–H groups in total. The van der Waals surface area contributed by atoms with Gasteiger partial charge in [-0.3, -0.25) is 9.78 Å².